The first-order valence-corrected chi connectivity index (χ1v) is 12.1. The van der Waals surface area contributed by atoms with Crippen LogP contribution >= 0.6 is 0 Å². The molecule has 0 aliphatic carbocycles. The van der Waals surface area contributed by atoms with Gasteiger partial charge in [0.15, 0.2) is 0 Å². The predicted octanol–water partition coefficient (Wildman–Crippen LogP) is 7.52. The Balaban J connectivity index is 3.15. The van der Waals surface area contributed by atoms with Crippen molar-refractivity contribution in [1.82, 2.24) is 0 Å². The molecule has 0 spiro atoms. The highest BCUT2D eigenvalue weighted by molar-refractivity contribution is 5.69. The van der Waals surface area contributed by atoms with E-state index in [-0.39, 0.29) is 17.5 Å². The number of hydrogen-bond acceptors (Lipinski definition) is 4. The molecule has 0 atom stereocenters. The summed E-state index contributed by atoms with van der Waals surface area (Å²) in [7, 11) is 1.46. The molecule has 0 fully saturated rings. The summed E-state index contributed by atoms with van der Waals surface area (Å²) >= 11 is 0. The summed E-state index contributed by atoms with van der Waals surface area (Å²) in [6.07, 6.45) is 21.3. The maximum absolute atomic E-state index is 11.6. The molecular formula is C25H48O4. The first kappa shape index (κ1) is 27.9. The molecule has 0 rings (SSSR count). The number of rotatable bonds is 19. The van der Waals surface area contributed by atoms with Crippen molar-refractivity contribution in [3.05, 3.63) is 0 Å². The summed E-state index contributed by atoms with van der Waals surface area (Å²) in [5.41, 5.74) is -0.357. The standard InChI is InChI=1S/C25H48O4/c1-25(2,3)29-24(27)22-20-18-16-14-12-10-8-6-5-7-9-11-13-15-17-19-21-23(26)28-4/h5-22H2,1-4H3. The average molecular weight is 413 g/mol. The van der Waals surface area contributed by atoms with Crippen LogP contribution in [-0.2, 0) is 19.1 Å². The van der Waals surface area contributed by atoms with E-state index in [0.717, 1.165) is 25.7 Å². The van der Waals surface area contributed by atoms with Gasteiger partial charge in [-0.15, -0.1) is 0 Å². The van der Waals surface area contributed by atoms with Crippen LogP contribution in [0.15, 0.2) is 0 Å². The van der Waals surface area contributed by atoms with Crippen molar-refractivity contribution in [2.24, 2.45) is 0 Å². The van der Waals surface area contributed by atoms with Gasteiger partial charge in [0.25, 0.3) is 0 Å². The van der Waals surface area contributed by atoms with E-state index in [1.807, 2.05) is 20.8 Å². The van der Waals surface area contributed by atoms with Crippen LogP contribution in [-0.4, -0.2) is 24.6 Å². The number of carbonyl (C=O) groups excluding carboxylic acids is 2. The zero-order chi connectivity index (χ0) is 21.8. The molecule has 0 unspecified atom stereocenters. The minimum atomic E-state index is -0.357. The van der Waals surface area contributed by atoms with Gasteiger partial charge in [-0.05, 0) is 33.6 Å². The number of ether oxygens (including phenoxy) is 2. The molecular weight excluding hydrogens is 364 g/mol. The Morgan fingerprint density at radius 2 is 0.793 bits per heavy atom. The fourth-order valence-corrected chi connectivity index (χ4v) is 3.51. The number of carbonyl (C=O) groups is 2. The summed E-state index contributed by atoms with van der Waals surface area (Å²) in [5, 5.41) is 0. The van der Waals surface area contributed by atoms with E-state index in [1.54, 1.807) is 0 Å². The van der Waals surface area contributed by atoms with Crippen LogP contribution in [0.5, 0.6) is 0 Å². The van der Waals surface area contributed by atoms with Gasteiger partial charge in [-0.3, -0.25) is 9.59 Å². The van der Waals surface area contributed by atoms with Gasteiger partial charge in [-0.2, -0.15) is 0 Å². The summed E-state index contributed by atoms with van der Waals surface area (Å²) in [6, 6.07) is 0. The van der Waals surface area contributed by atoms with Gasteiger partial charge in [0.1, 0.15) is 5.60 Å². The normalized spacial score (nSPS) is 11.4. The summed E-state index contributed by atoms with van der Waals surface area (Å²) in [6.45, 7) is 5.76. The molecule has 4 heteroatoms. The van der Waals surface area contributed by atoms with Crippen molar-refractivity contribution in [3.63, 3.8) is 0 Å². The minimum Gasteiger partial charge on any atom is -0.469 e. The Morgan fingerprint density at radius 1 is 0.517 bits per heavy atom. The zero-order valence-electron chi connectivity index (χ0n) is 19.9. The fraction of sp³-hybridized carbons (Fsp3) is 0.920. The minimum absolute atomic E-state index is 0.0592. The van der Waals surface area contributed by atoms with E-state index in [9.17, 15) is 9.59 Å². The second-order valence-electron chi connectivity index (χ2n) is 9.32. The maximum atomic E-state index is 11.6. The molecule has 0 saturated heterocycles. The van der Waals surface area contributed by atoms with E-state index in [1.165, 1.54) is 84.2 Å². The van der Waals surface area contributed by atoms with Gasteiger partial charge in [0.05, 0.1) is 7.11 Å². The van der Waals surface area contributed by atoms with E-state index in [4.69, 9.17) is 4.74 Å². The van der Waals surface area contributed by atoms with Crippen molar-refractivity contribution >= 4 is 11.9 Å². The molecule has 29 heavy (non-hydrogen) atoms. The van der Waals surface area contributed by atoms with Gasteiger partial charge in [-0.25, -0.2) is 0 Å². The van der Waals surface area contributed by atoms with E-state index < -0.39 is 0 Å². The van der Waals surface area contributed by atoms with Crippen LogP contribution in [0, 0.1) is 0 Å². The Morgan fingerprint density at radius 3 is 1.07 bits per heavy atom. The summed E-state index contributed by atoms with van der Waals surface area (Å²) in [5.74, 6) is -0.140. The smallest absolute Gasteiger partial charge is 0.306 e. The SMILES string of the molecule is COC(=O)CCCCCCCCCCCCCCCCCCC(=O)OC(C)(C)C. The third kappa shape index (κ3) is 23.1. The first-order valence-electron chi connectivity index (χ1n) is 12.1. The third-order valence-electron chi connectivity index (χ3n) is 5.16. The third-order valence-corrected chi connectivity index (χ3v) is 5.16. The molecule has 0 aliphatic rings. The second-order valence-corrected chi connectivity index (χ2v) is 9.32. The van der Waals surface area contributed by atoms with Gasteiger partial charge >= 0.3 is 11.9 Å². The van der Waals surface area contributed by atoms with Crippen molar-refractivity contribution < 1.29 is 19.1 Å². The van der Waals surface area contributed by atoms with E-state index >= 15 is 0 Å². The summed E-state index contributed by atoms with van der Waals surface area (Å²) < 4.78 is 9.97. The lowest BCUT2D eigenvalue weighted by atomic mass is 10.0. The lowest BCUT2D eigenvalue weighted by Gasteiger charge is -2.19. The Hall–Kier alpha value is -1.06. The van der Waals surface area contributed by atoms with Crippen molar-refractivity contribution in [1.29, 1.82) is 0 Å². The largest absolute Gasteiger partial charge is 0.469 e. The fourth-order valence-electron chi connectivity index (χ4n) is 3.51. The highest BCUT2D eigenvalue weighted by atomic mass is 16.6. The lowest BCUT2D eigenvalue weighted by molar-refractivity contribution is -0.155. The molecule has 172 valence electrons. The van der Waals surface area contributed by atoms with Crippen LogP contribution in [0.3, 0.4) is 0 Å². The Labute approximate surface area is 180 Å². The topological polar surface area (TPSA) is 52.6 Å². The quantitative estimate of drug-likeness (QED) is 0.162. The van der Waals surface area contributed by atoms with Gasteiger partial charge < -0.3 is 9.47 Å². The molecule has 0 heterocycles. The molecule has 0 aromatic carbocycles. The van der Waals surface area contributed by atoms with Crippen molar-refractivity contribution in [3.8, 4) is 0 Å². The maximum Gasteiger partial charge on any atom is 0.306 e. The van der Waals surface area contributed by atoms with Crippen LogP contribution in [0.2, 0.25) is 0 Å². The van der Waals surface area contributed by atoms with Crippen molar-refractivity contribution in [2.75, 3.05) is 7.11 Å². The average Bonchev–Trinajstić information content (AvgIpc) is 2.65. The highest BCUT2D eigenvalue weighted by Gasteiger charge is 2.15. The lowest BCUT2D eigenvalue weighted by Crippen LogP contribution is -2.23. The molecule has 0 aromatic heterocycles. The van der Waals surface area contributed by atoms with Crippen LogP contribution in [0.4, 0.5) is 0 Å². The molecule has 0 radical (unpaired) electrons. The second kappa shape index (κ2) is 18.9. The highest BCUT2D eigenvalue weighted by Crippen LogP contribution is 2.15. The van der Waals surface area contributed by atoms with Gasteiger partial charge in [0.2, 0.25) is 0 Å². The predicted molar refractivity (Wildman–Crippen MR) is 121 cm³/mol. The van der Waals surface area contributed by atoms with Crippen LogP contribution in [0.25, 0.3) is 0 Å². The number of unbranched alkanes of at least 4 members (excludes halogenated alkanes) is 15. The number of esters is 2. The number of hydrogen-bond donors (Lipinski definition) is 0. The van der Waals surface area contributed by atoms with Gasteiger partial charge in [-0.1, -0.05) is 89.9 Å². The van der Waals surface area contributed by atoms with E-state index in [2.05, 4.69) is 4.74 Å². The first-order chi connectivity index (χ1) is 13.8. The Bertz CT molecular complexity index is 398. The molecule has 0 amide bonds. The van der Waals surface area contributed by atoms with Crippen LogP contribution in [0.1, 0.15) is 136 Å². The summed E-state index contributed by atoms with van der Waals surface area (Å²) in [4.78, 5) is 22.6. The Kier molecular flexibility index (Phi) is 18.2. The van der Waals surface area contributed by atoms with E-state index in [0.29, 0.717) is 12.8 Å². The molecule has 4 nitrogen and oxygen atoms in total. The zero-order valence-corrected chi connectivity index (χ0v) is 19.9. The molecule has 0 saturated carbocycles. The monoisotopic (exact) mass is 412 g/mol. The van der Waals surface area contributed by atoms with Crippen LogP contribution < -0.4 is 0 Å². The van der Waals surface area contributed by atoms with Gasteiger partial charge in [0, 0.05) is 12.8 Å². The molecule has 0 bridgehead atoms. The van der Waals surface area contributed by atoms with Crippen molar-refractivity contribution in [2.45, 2.75) is 142 Å². The molecule has 0 aromatic rings. The molecule has 0 aliphatic heterocycles. The molecule has 0 N–H and O–H groups in total. The number of methoxy groups -OCH3 is 1.